The minimum absolute atomic E-state index is 0.302. The fourth-order valence-corrected chi connectivity index (χ4v) is 1.38. The van der Waals surface area contributed by atoms with Gasteiger partial charge in [-0.15, -0.1) is 0 Å². The van der Waals surface area contributed by atoms with Gasteiger partial charge in [0.2, 0.25) is 5.88 Å². The van der Waals surface area contributed by atoms with Crippen molar-refractivity contribution in [2.75, 3.05) is 17.3 Å². The SMILES string of the molecule is CN(C(=O)Nc1ccno1)c1ccc(Cl)cc1. The Hall–Kier alpha value is -2.01. The van der Waals surface area contributed by atoms with Crippen LogP contribution < -0.4 is 10.2 Å². The molecule has 0 aliphatic carbocycles. The van der Waals surface area contributed by atoms with Crippen molar-refractivity contribution < 1.29 is 9.32 Å². The summed E-state index contributed by atoms with van der Waals surface area (Å²) in [5.74, 6) is 0.302. The molecule has 1 N–H and O–H groups in total. The summed E-state index contributed by atoms with van der Waals surface area (Å²) in [6.07, 6.45) is 1.46. The highest BCUT2D eigenvalue weighted by atomic mass is 35.5. The molecule has 5 nitrogen and oxygen atoms in total. The summed E-state index contributed by atoms with van der Waals surface area (Å²) in [6.45, 7) is 0. The number of benzene rings is 1. The number of hydrogen-bond acceptors (Lipinski definition) is 3. The van der Waals surface area contributed by atoms with Crippen LogP contribution in [0.4, 0.5) is 16.4 Å². The first-order valence-corrected chi connectivity index (χ1v) is 5.25. The number of urea groups is 1. The average Bonchev–Trinajstić information content (AvgIpc) is 2.82. The van der Waals surface area contributed by atoms with Crippen molar-refractivity contribution in [3.8, 4) is 0 Å². The van der Waals surface area contributed by atoms with Gasteiger partial charge < -0.3 is 4.52 Å². The molecule has 0 spiro atoms. The van der Waals surface area contributed by atoms with E-state index in [1.54, 1.807) is 37.4 Å². The maximum Gasteiger partial charge on any atom is 0.328 e. The maximum absolute atomic E-state index is 11.8. The summed E-state index contributed by atoms with van der Waals surface area (Å²) in [6, 6.07) is 8.19. The molecular formula is C11H10ClN3O2. The topological polar surface area (TPSA) is 58.4 Å². The molecule has 0 aliphatic heterocycles. The summed E-state index contributed by atoms with van der Waals surface area (Å²) in [5.41, 5.74) is 0.728. The molecule has 88 valence electrons. The number of hydrogen-bond donors (Lipinski definition) is 1. The number of anilines is 2. The Balaban J connectivity index is 2.07. The third-order valence-electron chi connectivity index (χ3n) is 2.19. The second-order valence-electron chi connectivity index (χ2n) is 3.34. The van der Waals surface area contributed by atoms with Crippen LogP contribution in [0.5, 0.6) is 0 Å². The Morgan fingerprint density at radius 1 is 1.35 bits per heavy atom. The first kappa shape index (κ1) is 11.5. The Labute approximate surface area is 103 Å². The van der Waals surface area contributed by atoms with Gasteiger partial charge in [-0.2, -0.15) is 0 Å². The van der Waals surface area contributed by atoms with Crippen molar-refractivity contribution in [1.29, 1.82) is 0 Å². The molecule has 2 aromatic rings. The summed E-state index contributed by atoms with van der Waals surface area (Å²) < 4.78 is 4.78. The Morgan fingerprint density at radius 2 is 2.06 bits per heavy atom. The molecule has 0 saturated carbocycles. The summed E-state index contributed by atoms with van der Waals surface area (Å²) in [5, 5.41) is 6.68. The van der Waals surface area contributed by atoms with Gasteiger partial charge in [0.05, 0.1) is 6.20 Å². The Kier molecular flexibility index (Phi) is 3.30. The van der Waals surface area contributed by atoms with Crippen LogP contribution in [-0.2, 0) is 0 Å². The third kappa shape index (κ3) is 2.76. The minimum Gasteiger partial charge on any atom is -0.338 e. The number of carbonyl (C=O) groups excluding carboxylic acids is 1. The molecular weight excluding hydrogens is 242 g/mol. The number of carbonyl (C=O) groups is 1. The smallest absolute Gasteiger partial charge is 0.328 e. The molecule has 0 unspecified atom stereocenters. The fraction of sp³-hybridized carbons (Fsp3) is 0.0909. The highest BCUT2D eigenvalue weighted by molar-refractivity contribution is 6.30. The second-order valence-corrected chi connectivity index (χ2v) is 3.78. The number of aromatic nitrogens is 1. The molecule has 17 heavy (non-hydrogen) atoms. The van der Waals surface area contributed by atoms with E-state index in [4.69, 9.17) is 16.1 Å². The number of amides is 2. The number of halogens is 1. The molecule has 0 bridgehead atoms. The lowest BCUT2D eigenvalue weighted by Gasteiger charge is -2.16. The van der Waals surface area contributed by atoms with Crippen molar-refractivity contribution in [2.45, 2.75) is 0 Å². The molecule has 1 aromatic heterocycles. The fourth-order valence-electron chi connectivity index (χ4n) is 1.25. The summed E-state index contributed by atoms with van der Waals surface area (Å²) in [7, 11) is 1.65. The van der Waals surface area contributed by atoms with Crippen molar-refractivity contribution >= 4 is 29.2 Å². The normalized spacial score (nSPS) is 10.0. The van der Waals surface area contributed by atoms with Gasteiger partial charge >= 0.3 is 6.03 Å². The van der Waals surface area contributed by atoms with E-state index in [0.717, 1.165) is 5.69 Å². The van der Waals surface area contributed by atoms with E-state index in [9.17, 15) is 4.79 Å². The van der Waals surface area contributed by atoms with Crippen LogP contribution in [0, 0.1) is 0 Å². The van der Waals surface area contributed by atoms with Gasteiger partial charge in [0.15, 0.2) is 0 Å². The lowest BCUT2D eigenvalue weighted by atomic mass is 10.3. The van der Waals surface area contributed by atoms with Crippen molar-refractivity contribution in [3.63, 3.8) is 0 Å². The first-order valence-electron chi connectivity index (χ1n) is 4.88. The molecule has 0 fully saturated rings. The summed E-state index contributed by atoms with van der Waals surface area (Å²) >= 11 is 5.77. The molecule has 0 saturated heterocycles. The average molecular weight is 252 g/mol. The molecule has 0 atom stereocenters. The van der Waals surface area contributed by atoms with E-state index < -0.39 is 0 Å². The van der Waals surface area contributed by atoms with Gasteiger partial charge in [0, 0.05) is 23.8 Å². The van der Waals surface area contributed by atoms with E-state index in [0.29, 0.717) is 10.9 Å². The Morgan fingerprint density at radius 3 is 2.65 bits per heavy atom. The summed E-state index contributed by atoms with van der Waals surface area (Å²) in [4.78, 5) is 13.2. The monoisotopic (exact) mass is 251 g/mol. The highest BCUT2D eigenvalue weighted by Gasteiger charge is 2.12. The molecule has 2 rings (SSSR count). The van der Waals surface area contributed by atoms with Crippen LogP contribution in [0.1, 0.15) is 0 Å². The zero-order valence-corrected chi connectivity index (χ0v) is 9.81. The standard InChI is InChI=1S/C11H10ClN3O2/c1-15(9-4-2-8(12)3-5-9)11(16)14-10-6-7-13-17-10/h2-7H,1H3,(H,14,16). The molecule has 1 aromatic carbocycles. The van der Waals surface area contributed by atoms with Crippen LogP contribution >= 0.6 is 11.6 Å². The van der Waals surface area contributed by atoms with Crippen LogP contribution in [0.15, 0.2) is 41.1 Å². The highest BCUT2D eigenvalue weighted by Crippen LogP contribution is 2.17. The largest absolute Gasteiger partial charge is 0.338 e. The van der Waals surface area contributed by atoms with Crippen molar-refractivity contribution in [3.05, 3.63) is 41.6 Å². The van der Waals surface area contributed by atoms with E-state index in [-0.39, 0.29) is 6.03 Å². The van der Waals surface area contributed by atoms with Gasteiger partial charge in [0.1, 0.15) is 0 Å². The molecule has 1 heterocycles. The first-order chi connectivity index (χ1) is 8.16. The molecule has 2 amide bonds. The molecule has 0 radical (unpaired) electrons. The van der Waals surface area contributed by atoms with Crippen LogP contribution in [-0.4, -0.2) is 18.2 Å². The van der Waals surface area contributed by atoms with Gasteiger partial charge in [-0.1, -0.05) is 16.8 Å². The van der Waals surface area contributed by atoms with E-state index in [1.807, 2.05) is 0 Å². The van der Waals surface area contributed by atoms with Gasteiger partial charge in [-0.25, -0.2) is 4.79 Å². The predicted molar refractivity (Wildman–Crippen MR) is 65.4 cm³/mol. The molecule has 0 aliphatic rings. The van der Waals surface area contributed by atoms with Crippen molar-refractivity contribution in [1.82, 2.24) is 5.16 Å². The van der Waals surface area contributed by atoms with Crippen LogP contribution in [0.3, 0.4) is 0 Å². The van der Waals surface area contributed by atoms with E-state index in [2.05, 4.69) is 10.5 Å². The number of nitrogens with zero attached hydrogens (tertiary/aromatic N) is 2. The van der Waals surface area contributed by atoms with Crippen LogP contribution in [0.2, 0.25) is 5.02 Å². The number of nitrogens with one attached hydrogen (secondary N) is 1. The third-order valence-corrected chi connectivity index (χ3v) is 2.44. The zero-order chi connectivity index (χ0) is 12.3. The van der Waals surface area contributed by atoms with Crippen LogP contribution in [0.25, 0.3) is 0 Å². The lowest BCUT2D eigenvalue weighted by molar-refractivity contribution is 0.257. The van der Waals surface area contributed by atoms with Gasteiger partial charge in [0.25, 0.3) is 0 Å². The van der Waals surface area contributed by atoms with E-state index >= 15 is 0 Å². The zero-order valence-electron chi connectivity index (χ0n) is 9.05. The minimum atomic E-state index is -0.316. The van der Waals surface area contributed by atoms with Gasteiger partial charge in [-0.05, 0) is 24.3 Å². The number of rotatable bonds is 2. The molecule has 6 heteroatoms. The quantitative estimate of drug-likeness (QED) is 0.893. The maximum atomic E-state index is 11.8. The predicted octanol–water partition coefficient (Wildman–Crippen LogP) is 3.00. The van der Waals surface area contributed by atoms with Crippen molar-refractivity contribution in [2.24, 2.45) is 0 Å². The van der Waals surface area contributed by atoms with Gasteiger partial charge in [-0.3, -0.25) is 10.2 Å². The Bertz CT molecular complexity index is 496. The van der Waals surface area contributed by atoms with E-state index in [1.165, 1.54) is 11.1 Å². The lowest BCUT2D eigenvalue weighted by Crippen LogP contribution is -2.30. The second kappa shape index (κ2) is 4.88.